The second kappa shape index (κ2) is 10.6. The number of aryl methyl sites for hydroxylation is 1. The molecule has 0 N–H and O–H groups in total. The molecule has 2 aromatic heterocycles. The van der Waals surface area contributed by atoms with Crippen molar-refractivity contribution in [2.24, 2.45) is 0 Å². The van der Waals surface area contributed by atoms with E-state index in [4.69, 9.17) is 27.9 Å². The maximum Gasteiger partial charge on any atom is 0.331 e. The zero-order valence-electron chi connectivity index (χ0n) is 19.6. The second-order valence-corrected chi connectivity index (χ2v) is 7.23. The average molecular weight is 477 g/mol. The molecular weight excluding hydrogens is 454 g/mol. The van der Waals surface area contributed by atoms with E-state index in [2.05, 4.69) is 15.4 Å². The number of hydrogen-bond donors (Lipinski definition) is 0. The molecule has 10 heteroatoms. The highest BCUT2D eigenvalue weighted by Gasteiger charge is 2.22. The zero-order chi connectivity index (χ0) is 24.8. The molecule has 35 heavy (non-hydrogen) atoms. The summed E-state index contributed by atoms with van der Waals surface area (Å²) in [5, 5.41) is 12.1. The lowest BCUT2D eigenvalue weighted by atomic mass is 10.1. The van der Waals surface area contributed by atoms with Crippen molar-refractivity contribution in [3.8, 4) is 40.0 Å². The summed E-state index contributed by atoms with van der Waals surface area (Å²) in [6, 6.07) is 12.9. The van der Waals surface area contributed by atoms with Gasteiger partial charge in [0.15, 0.2) is 18.1 Å². The van der Waals surface area contributed by atoms with Crippen LogP contribution in [0.15, 0.2) is 57.5 Å². The normalized spacial score (nSPS) is 11.0. The number of carbonyl (C=O) groups excluding carboxylic acids is 1. The third-order valence-corrected chi connectivity index (χ3v) is 5.03. The summed E-state index contributed by atoms with van der Waals surface area (Å²) >= 11 is 0. The third kappa shape index (κ3) is 5.16. The molecule has 0 saturated carbocycles. The molecule has 0 spiro atoms. The van der Waals surface area contributed by atoms with Gasteiger partial charge in [0.1, 0.15) is 17.0 Å². The van der Waals surface area contributed by atoms with E-state index in [1.807, 2.05) is 30.3 Å². The lowest BCUT2D eigenvalue weighted by Crippen LogP contribution is -2.01. The van der Waals surface area contributed by atoms with Crippen LogP contribution in [0.5, 0.6) is 17.2 Å². The molecule has 4 rings (SSSR count). The molecule has 0 aliphatic heterocycles. The Morgan fingerprint density at radius 2 is 1.71 bits per heavy atom. The van der Waals surface area contributed by atoms with Crippen LogP contribution in [0.2, 0.25) is 0 Å². The van der Waals surface area contributed by atoms with Crippen molar-refractivity contribution in [2.75, 3.05) is 21.3 Å². The van der Waals surface area contributed by atoms with Gasteiger partial charge in [-0.15, -0.1) is 10.2 Å². The Labute approximate surface area is 201 Å². The largest absolute Gasteiger partial charge is 0.493 e. The van der Waals surface area contributed by atoms with Crippen LogP contribution in [0.1, 0.15) is 17.2 Å². The molecule has 0 amide bonds. The second-order valence-electron chi connectivity index (χ2n) is 7.23. The van der Waals surface area contributed by atoms with E-state index in [0.29, 0.717) is 39.8 Å². The highest BCUT2D eigenvalue weighted by atomic mass is 16.5. The lowest BCUT2D eigenvalue weighted by molar-refractivity contribution is -0.139. The topological polar surface area (TPSA) is 119 Å². The van der Waals surface area contributed by atoms with E-state index < -0.39 is 5.97 Å². The fourth-order valence-corrected chi connectivity index (χ4v) is 3.37. The Kier molecular flexibility index (Phi) is 7.10. The first-order valence-corrected chi connectivity index (χ1v) is 10.5. The number of rotatable bonds is 9. The van der Waals surface area contributed by atoms with Crippen molar-refractivity contribution in [1.29, 1.82) is 0 Å². The molecule has 0 fully saturated rings. The molecule has 0 unspecified atom stereocenters. The molecule has 0 aliphatic rings. The van der Waals surface area contributed by atoms with E-state index in [1.165, 1.54) is 27.4 Å². The van der Waals surface area contributed by atoms with Gasteiger partial charge in [0.2, 0.25) is 5.75 Å². The predicted molar refractivity (Wildman–Crippen MR) is 125 cm³/mol. The number of esters is 1. The van der Waals surface area contributed by atoms with Crippen molar-refractivity contribution >= 4 is 12.0 Å². The number of aromatic nitrogens is 3. The molecular formula is C25H23N3O7. The SMILES string of the molecule is COc1cc(/C=C/C(=O)OCc2nnc(-c3c(-c4ccccc4)noc3C)o2)cc(OC)c1OC. The summed E-state index contributed by atoms with van der Waals surface area (Å²) in [7, 11) is 4.55. The Hall–Kier alpha value is -4.60. The molecule has 2 heterocycles. The minimum atomic E-state index is -0.593. The lowest BCUT2D eigenvalue weighted by Gasteiger charge is -2.12. The standard InChI is InChI=1S/C25H23N3O7/c1-15-22(23(28-35-15)17-8-6-5-7-9-17)25-27-26-20(34-25)14-33-21(29)11-10-16-12-18(30-2)24(32-4)19(13-16)31-3/h5-13H,14H2,1-4H3/b11-10+. The highest BCUT2D eigenvalue weighted by Crippen LogP contribution is 2.38. The van der Waals surface area contributed by atoms with E-state index >= 15 is 0 Å². The van der Waals surface area contributed by atoms with Crippen LogP contribution in [0.25, 0.3) is 28.8 Å². The van der Waals surface area contributed by atoms with Crippen LogP contribution in [0.3, 0.4) is 0 Å². The van der Waals surface area contributed by atoms with E-state index in [0.717, 1.165) is 5.56 Å². The Balaban J connectivity index is 1.44. The Morgan fingerprint density at radius 3 is 2.37 bits per heavy atom. The van der Waals surface area contributed by atoms with Crippen LogP contribution < -0.4 is 14.2 Å². The first-order valence-electron chi connectivity index (χ1n) is 10.5. The van der Waals surface area contributed by atoms with Crippen molar-refractivity contribution in [3.63, 3.8) is 0 Å². The summed E-state index contributed by atoms with van der Waals surface area (Å²) in [4.78, 5) is 12.2. The van der Waals surface area contributed by atoms with Gasteiger partial charge in [-0.1, -0.05) is 35.5 Å². The van der Waals surface area contributed by atoms with Crippen molar-refractivity contribution in [3.05, 3.63) is 65.8 Å². The number of benzene rings is 2. The monoisotopic (exact) mass is 477 g/mol. The van der Waals surface area contributed by atoms with Gasteiger partial charge in [-0.3, -0.25) is 0 Å². The average Bonchev–Trinajstić information content (AvgIpc) is 3.52. The van der Waals surface area contributed by atoms with Gasteiger partial charge in [0, 0.05) is 11.6 Å². The predicted octanol–water partition coefficient (Wildman–Crippen LogP) is 4.48. The van der Waals surface area contributed by atoms with Gasteiger partial charge in [0.25, 0.3) is 11.8 Å². The van der Waals surface area contributed by atoms with Crippen LogP contribution in [-0.2, 0) is 16.1 Å². The van der Waals surface area contributed by atoms with Crippen molar-refractivity contribution in [1.82, 2.24) is 15.4 Å². The van der Waals surface area contributed by atoms with Crippen LogP contribution in [0, 0.1) is 6.92 Å². The molecule has 10 nitrogen and oxygen atoms in total. The summed E-state index contributed by atoms with van der Waals surface area (Å²) in [5.41, 5.74) is 2.68. The molecule has 4 aromatic rings. The smallest absolute Gasteiger partial charge is 0.331 e. The maximum atomic E-state index is 12.2. The van der Waals surface area contributed by atoms with Crippen molar-refractivity contribution in [2.45, 2.75) is 13.5 Å². The zero-order valence-corrected chi connectivity index (χ0v) is 19.6. The fraction of sp³-hybridized carbons (Fsp3) is 0.200. The molecule has 180 valence electrons. The summed E-state index contributed by atoms with van der Waals surface area (Å²) in [6.45, 7) is 1.56. The minimum absolute atomic E-state index is 0.133. The Morgan fingerprint density at radius 1 is 1.00 bits per heavy atom. The third-order valence-electron chi connectivity index (χ3n) is 5.03. The number of hydrogen-bond acceptors (Lipinski definition) is 10. The number of carbonyl (C=O) groups is 1. The first-order chi connectivity index (χ1) is 17.0. The minimum Gasteiger partial charge on any atom is -0.493 e. The Bertz CT molecular complexity index is 1320. The molecule has 0 aliphatic carbocycles. The van der Waals surface area contributed by atoms with Crippen molar-refractivity contribution < 1.29 is 32.7 Å². The van der Waals surface area contributed by atoms with E-state index in [1.54, 1.807) is 25.1 Å². The number of ether oxygens (including phenoxy) is 4. The van der Waals surface area contributed by atoms with Gasteiger partial charge in [0.05, 0.1) is 21.3 Å². The van der Waals surface area contributed by atoms with E-state index in [9.17, 15) is 4.79 Å². The maximum absolute atomic E-state index is 12.2. The van der Waals surface area contributed by atoms with Crippen LogP contribution in [-0.4, -0.2) is 42.7 Å². The molecule has 0 saturated heterocycles. The molecule has 2 aromatic carbocycles. The number of nitrogens with zero attached hydrogens (tertiary/aromatic N) is 3. The molecule has 0 atom stereocenters. The van der Waals surface area contributed by atoms with Gasteiger partial charge < -0.3 is 27.9 Å². The highest BCUT2D eigenvalue weighted by molar-refractivity contribution is 5.87. The van der Waals surface area contributed by atoms with Gasteiger partial charge >= 0.3 is 5.97 Å². The summed E-state index contributed by atoms with van der Waals surface area (Å²) < 4.78 is 32.2. The first kappa shape index (κ1) is 23.6. The quantitative estimate of drug-likeness (QED) is 0.252. The summed E-state index contributed by atoms with van der Waals surface area (Å²) in [6.07, 6.45) is 2.84. The van der Waals surface area contributed by atoms with Crippen LogP contribution >= 0.6 is 0 Å². The van der Waals surface area contributed by atoms with E-state index in [-0.39, 0.29) is 18.4 Å². The van der Waals surface area contributed by atoms with Gasteiger partial charge in [-0.05, 0) is 30.7 Å². The van der Waals surface area contributed by atoms with Gasteiger partial charge in [-0.25, -0.2) is 4.79 Å². The summed E-state index contributed by atoms with van der Waals surface area (Å²) in [5.74, 6) is 1.69. The van der Waals surface area contributed by atoms with Gasteiger partial charge in [-0.2, -0.15) is 0 Å². The molecule has 0 radical (unpaired) electrons. The van der Waals surface area contributed by atoms with Crippen LogP contribution in [0.4, 0.5) is 0 Å². The molecule has 0 bridgehead atoms. The fourth-order valence-electron chi connectivity index (χ4n) is 3.37. The number of methoxy groups -OCH3 is 3.